The van der Waals surface area contributed by atoms with Crippen LogP contribution < -0.4 is 4.90 Å². The van der Waals surface area contributed by atoms with E-state index in [4.69, 9.17) is 0 Å². The highest BCUT2D eigenvalue weighted by molar-refractivity contribution is 8.19. The van der Waals surface area contributed by atoms with Gasteiger partial charge in [-0.05, 0) is 29.5 Å². The van der Waals surface area contributed by atoms with Gasteiger partial charge in [-0.25, -0.2) is 0 Å². The fourth-order valence-electron chi connectivity index (χ4n) is 2.73. The average Bonchev–Trinajstić information content (AvgIpc) is 3.08. The molecule has 1 fully saturated rings. The number of amides is 2. The average molecular weight is 354 g/mol. The van der Waals surface area contributed by atoms with Gasteiger partial charge >= 0.3 is 0 Å². The Balaban J connectivity index is 1.65. The van der Waals surface area contributed by atoms with Gasteiger partial charge in [-0.3, -0.25) is 14.5 Å². The highest BCUT2D eigenvalue weighted by atomic mass is 32.2. The number of rotatable bonds is 2. The quantitative estimate of drug-likeness (QED) is 0.752. The van der Waals surface area contributed by atoms with Crippen LogP contribution in [-0.4, -0.2) is 23.1 Å². The van der Waals surface area contributed by atoms with Crippen molar-refractivity contribution in [2.75, 3.05) is 11.9 Å². The minimum atomic E-state index is -0.212. The molecular weight excluding hydrogens is 340 g/mol. The second kappa shape index (κ2) is 6.03. The van der Waals surface area contributed by atoms with Gasteiger partial charge in [0.25, 0.3) is 11.1 Å². The lowest BCUT2D eigenvalue weighted by atomic mass is 10.2. The van der Waals surface area contributed by atoms with Gasteiger partial charge in [0.05, 0.1) is 17.3 Å². The first-order chi connectivity index (χ1) is 11.6. The lowest BCUT2D eigenvalue weighted by Crippen LogP contribution is -2.28. The van der Waals surface area contributed by atoms with E-state index in [1.165, 1.54) is 4.90 Å². The maximum absolute atomic E-state index is 12.8. The second-order valence-electron chi connectivity index (χ2n) is 5.51. The Morgan fingerprint density at radius 1 is 0.917 bits per heavy atom. The molecule has 2 aliphatic rings. The van der Waals surface area contributed by atoms with E-state index >= 15 is 0 Å². The molecule has 0 unspecified atom stereocenters. The molecule has 0 atom stereocenters. The Bertz CT molecular complexity index is 864. The topological polar surface area (TPSA) is 40.6 Å². The lowest BCUT2D eigenvalue weighted by Gasteiger charge is -2.15. The van der Waals surface area contributed by atoms with Crippen molar-refractivity contribution in [1.82, 2.24) is 4.90 Å². The molecule has 0 spiro atoms. The van der Waals surface area contributed by atoms with E-state index in [0.717, 1.165) is 32.9 Å². The smallest absolute Gasteiger partial charge is 0.293 e. The van der Waals surface area contributed by atoms with Crippen molar-refractivity contribution in [1.29, 1.82) is 0 Å². The maximum atomic E-state index is 12.8. The van der Waals surface area contributed by atoms with Gasteiger partial charge in [0.15, 0.2) is 0 Å². The second-order valence-corrected chi connectivity index (χ2v) is 7.50. The van der Waals surface area contributed by atoms with E-state index in [9.17, 15) is 9.59 Å². The Hall–Kier alpha value is -2.18. The van der Waals surface area contributed by atoms with Gasteiger partial charge in [-0.2, -0.15) is 0 Å². The molecule has 1 saturated heterocycles. The molecule has 0 saturated carbocycles. The number of hydrogen-bond donors (Lipinski definition) is 0. The zero-order valence-electron chi connectivity index (χ0n) is 12.9. The summed E-state index contributed by atoms with van der Waals surface area (Å²) in [5.41, 5.74) is 2.01. The molecule has 4 rings (SSSR count). The van der Waals surface area contributed by atoms with E-state index in [-0.39, 0.29) is 11.1 Å². The van der Waals surface area contributed by atoms with Crippen LogP contribution in [0.5, 0.6) is 0 Å². The first kappa shape index (κ1) is 15.4. The van der Waals surface area contributed by atoms with Crippen molar-refractivity contribution in [3.8, 4) is 0 Å². The van der Waals surface area contributed by atoms with E-state index in [0.29, 0.717) is 11.4 Å². The van der Waals surface area contributed by atoms with Gasteiger partial charge in [-0.15, -0.1) is 0 Å². The van der Waals surface area contributed by atoms with E-state index < -0.39 is 0 Å². The first-order valence-corrected chi connectivity index (χ1v) is 9.11. The molecule has 2 aromatic carbocycles. The van der Waals surface area contributed by atoms with Gasteiger partial charge in [0.2, 0.25) is 0 Å². The fraction of sp³-hybridized carbons (Fsp3) is 0.111. The third kappa shape index (κ3) is 2.52. The molecule has 4 nitrogen and oxygen atoms in total. The molecule has 2 amide bonds. The highest BCUT2D eigenvalue weighted by Crippen LogP contribution is 2.49. The molecule has 6 heteroatoms. The predicted molar refractivity (Wildman–Crippen MR) is 97.7 cm³/mol. The van der Waals surface area contributed by atoms with Crippen LogP contribution in [0.25, 0.3) is 0 Å². The maximum Gasteiger partial charge on any atom is 0.293 e. The Kier molecular flexibility index (Phi) is 3.86. The minimum absolute atomic E-state index is 0.212. The number of benzene rings is 2. The Morgan fingerprint density at radius 3 is 2.38 bits per heavy atom. The molecule has 120 valence electrons. The Labute approximate surface area is 148 Å². The van der Waals surface area contributed by atoms with Crippen LogP contribution in [-0.2, 0) is 11.3 Å². The molecular formula is C18H14N2O2S2. The number of para-hydroxylation sites is 1. The third-order valence-corrected chi connectivity index (χ3v) is 6.30. The van der Waals surface area contributed by atoms with Crippen LogP contribution in [0.4, 0.5) is 10.5 Å². The summed E-state index contributed by atoms with van der Waals surface area (Å²) < 4.78 is 0. The number of carbonyl (C=O) groups is 2. The minimum Gasteiger partial charge on any atom is -0.337 e. The standard InChI is InChI=1S/C18H14N2O2S2/c1-19-13-9-5-6-10-14(13)23-17(19)15-16(21)20(18(22)24-15)11-12-7-3-2-4-8-12/h2-10H,11H2,1H3/b17-15+. The Morgan fingerprint density at radius 2 is 1.62 bits per heavy atom. The summed E-state index contributed by atoms with van der Waals surface area (Å²) in [6.45, 7) is 0.309. The molecule has 0 bridgehead atoms. The number of hydrogen-bond acceptors (Lipinski definition) is 5. The van der Waals surface area contributed by atoms with Crippen molar-refractivity contribution in [2.45, 2.75) is 11.4 Å². The molecule has 2 heterocycles. The van der Waals surface area contributed by atoms with Crippen LogP contribution in [0, 0.1) is 0 Å². The van der Waals surface area contributed by atoms with Crippen LogP contribution in [0.15, 0.2) is 69.4 Å². The summed E-state index contributed by atoms with van der Waals surface area (Å²) >= 11 is 2.57. The van der Waals surface area contributed by atoms with Crippen LogP contribution in [0.1, 0.15) is 5.56 Å². The van der Waals surface area contributed by atoms with Crippen molar-refractivity contribution < 1.29 is 9.59 Å². The zero-order valence-corrected chi connectivity index (χ0v) is 14.6. The third-order valence-electron chi connectivity index (χ3n) is 3.96. The number of nitrogens with zero attached hydrogens (tertiary/aromatic N) is 2. The van der Waals surface area contributed by atoms with E-state index in [2.05, 4.69) is 0 Å². The molecule has 2 aromatic rings. The SMILES string of the molecule is CN1/C(=C2\SC(=O)N(Cc3ccccc3)C2=O)Sc2ccccc21. The fourth-order valence-corrected chi connectivity index (χ4v) is 4.91. The number of anilines is 1. The summed E-state index contributed by atoms with van der Waals surface area (Å²) in [4.78, 5) is 30.1. The molecule has 0 aliphatic carbocycles. The van der Waals surface area contributed by atoms with Crippen LogP contribution >= 0.6 is 23.5 Å². The van der Waals surface area contributed by atoms with E-state index in [1.807, 2.05) is 66.5 Å². The summed E-state index contributed by atoms with van der Waals surface area (Å²) in [6, 6.07) is 17.6. The van der Waals surface area contributed by atoms with Crippen molar-refractivity contribution in [3.63, 3.8) is 0 Å². The lowest BCUT2D eigenvalue weighted by molar-refractivity contribution is -0.123. The van der Waals surface area contributed by atoms with Crippen molar-refractivity contribution in [3.05, 3.63) is 70.1 Å². The van der Waals surface area contributed by atoms with Gasteiger partial charge < -0.3 is 4.90 Å². The van der Waals surface area contributed by atoms with Gasteiger partial charge in [-0.1, -0.05) is 54.2 Å². The summed E-state index contributed by atoms with van der Waals surface area (Å²) in [5, 5.41) is 0.617. The van der Waals surface area contributed by atoms with Crippen molar-refractivity contribution in [2.24, 2.45) is 0 Å². The monoisotopic (exact) mass is 354 g/mol. The number of thioether (sulfide) groups is 2. The molecule has 0 radical (unpaired) electrons. The summed E-state index contributed by atoms with van der Waals surface area (Å²) in [7, 11) is 1.93. The van der Waals surface area contributed by atoms with E-state index in [1.54, 1.807) is 11.8 Å². The first-order valence-electron chi connectivity index (χ1n) is 7.47. The molecule has 0 aromatic heterocycles. The molecule has 24 heavy (non-hydrogen) atoms. The predicted octanol–water partition coefficient (Wildman–Crippen LogP) is 4.29. The number of fused-ring (bicyclic) bond motifs is 1. The largest absolute Gasteiger partial charge is 0.337 e. The van der Waals surface area contributed by atoms with Gasteiger partial charge in [0.1, 0.15) is 4.91 Å². The zero-order chi connectivity index (χ0) is 16.7. The van der Waals surface area contributed by atoms with Gasteiger partial charge in [0, 0.05) is 11.9 Å². The van der Waals surface area contributed by atoms with Crippen molar-refractivity contribution >= 4 is 40.4 Å². The summed E-state index contributed by atoms with van der Waals surface area (Å²) in [5.74, 6) is -0.212. The normalized spacial score (nSPS) is 20.0. The summed E-state index contributed by atoms with van der Waals surface area (Å²) in [6.07, 6.45) is 0. The highest BCUT2D eigenvalue weighted by Gasteiger charge is 2.40. The van der Waals surface area contributed by atoms with Crippen LogP contribution in [0.3, 0.4) is 0 Å². The van der Waals surface area contributed by atoms with Crippen LogP contribution in [0.2, 0.25) is 0 Å². The number of carbonyl (C=O) groups excluding carboxylic acids is 2. The number of imide groups is 1. The molecule has 2 aliphatic heterocycles. The molecule has 0 N–H and O–H groups in total.